The molecule has 1 aliphatic heterocycles. The molecule has 0 aromatic carbocycles. The molecule has 2 heterocycles. The van der Waals surface area contributed by atoms with Crippen LogP contribution in [0.5, 0.6) is 0 Å². The monoisotopic (exact) mass is 209 g/mol. The van der Waals surface area contributed by atoms with Crippen LogP contribution in [0.1, 0.15) is 29.4 Å². The normalized spacial score (nSPS) is 26.4. The van der Waals surface area contributed by atoms with Crippen molar-refractivity contribution >= 4 is 11.8 Å². The molecular formula is C10H15N3S. The number of aromatic amines is 1. The van der Waals surface area contributed by atoms with Gasteiger partial charge in [0.1, 0.15) is 0 Å². The zero-order valence-electron chi connectivity index (χ0n) is 8.18. The predicted octanol–water partition coefficient (Wildman–Crippen LogP) is 1.28. The van der Waals surface area contributed by atoms with Crippen LogP contribution in [0, 0.1) is 0 Å². The van der Waals surface area contributed by atoms with Crippen LogP contribution in [-0.2, 0) is 12.8 Å². The van der Waals surface area contributed by atoms with Crippen LogP contribution in [-0.4, -0.2) is 28.2 Å². The SMILES string of the molecule is C1Cc2[nH]nc(C3CSCCN3)c2C1. The van der Waals surface area contributed by atoms with Gasteiger partial charge in [-0.3, -0.25) is 5.10 Å². The van der Waals surface area contributed by atoms with Gasteiger partial charge >= 0.3 is 0 Å². The zero-order valence-corrected chi connectivity index (χ0v) is 8.99. The van der Waals surface area contributed by atoms with Crippen LogP contribution < -0.4 is 5.32 Å². The summed E-state index contributed by atoms with van der Waals surface area (Å²) in [6.07, 6.45) is 3.72. The molecule has 0 spiro atoms. The molecule has 1 atom stereocenters. The van der Waals surface area contributed by atoms with Gasteiger partial charge in [-0.05, 0) is 24.8 Å². The van der Waals surface area contributed by atoms with E-state index in [9.17, 15) is 0 Å². The first-order valence-corrected chi connectivity index (χ1v) is 6.48. The number of rotatable bonds is 1. The highest BCUT2D eigenvalue weighted by molar-refractivity contribution is 7.99. The van der Waals surface area contributed by atoms with Crippen molar-refractivity contribution in [3.63, 3.8) is 0 Å². The lowest BCUT2D eigenvalue weighted by atomic mass is 10.1. The minimum Gasteiger partial charge on any atom is -0.307 e. The van der Waals surface area contributed by atoms with E-state index in [1.165, 1.54) is 47.7 Å². The van der Waals surface area contributed by atoms with Crippen LogP contribution in [0.25, 0.3) is 0 Å². The number of nitrogens with zero attached hydrogens (tertiary/aromatic N) is 1. The Bertz CT molecular complexity index is 328. The number of hydrogen-bond acceptors (Lipinski definition) is 3. The van der Waals surface area contributed by atoms with Gasteiger partial charge in [-0.15, -0.1) is 0 Å². The molecule has 0 saturated carbocycles. The lowest BCUT2D eigenvalue weighted by Crippen LogP contribution is -2.31. The summed E-state index contributed by atoms with van der Waals surface area (Å²) in [6.45, 7) is 1.12. The fraction of sp³-hybridized carbons (Fsp3) is 0.700. The van der Waals surface area contributed by atoms with Gasteiger partial charge in [0.15, 0.2) is 0 Å². The van der Waals surface area contributed by atoms with Gasteiger partial charge in [0.25, 0.3) is 0 Å². The Balaban J connectivity index is 1.88. The van der Waals surface area contributed by atoms with Crippen molar-refractivity contribution in [1.29, 1.82) is 0 Å². The standard InChI is InChI=1S/C10H15N3S/c1-2-7-8(3-1)12-13-10(7)9-6-14-5-4-11-9/h9,11H,1-6H2,(H,12,13). The van der Waals surface area contributed by atoms with Gasteiger partial charge in [-0.2, -0.15) is 16.9 Å². The number of thioether (sulfide) groups is 1. The average molecular weight is 209 g/mol. The largest absolute Gasteiger partial charge is 0.307 e. The van der Waals surface area contributed by atoms with E-state index >= 15 is 0 Å². The first kappa shape index (κ1) is 8.80. The smallest absolute Gasteiger partial charge is 0.0834 e. The van der Waals surface area contributed by atoms with Crippen molar-refractivity contribution in [2.24, 2.45) is 0 Å². The Morgan fingerprint density at radius 1 is 1.36 bits per heavy atom. The number of aromatic nitrogens is 2. The Hall–Kier alpha value is -0.480. The van der Waals surface area contributed by atoms with E-state index in [1.807, 2.05) is 11.8 Å². The van der Waals surface area contributed by atoms with Crippen molar-refractivity contribution in [3.8, 4) is 0 Å². The fourth-order valence-corrected chi connectivity index (χ4v) is 3.31. The Labute approximate surface area is 88.0 Å². The summed E-state index contributed by atoms with van der Waals surface area (Å²) >= 11 is 2.03. The molecule has 2 aliphatic rings. The molecule has 1 saturated heterocycles. The quantitative estimate of drug-likeness (QED) is 0.732. The first-order chi connectivity index (χ1) is 6.95. The predicted molar refractivity (Wildman–Crippen MR) is 58.7 cm³/mol. The van der Waals surface area contributed by atoms with E-state index in [0.29, 0.717) is 6.04 Å². The number of hydrogen-bond donors (Lipinski definition) is 2. The highest BCUT2D eigenvalue weighted by Crippen LogP contribution is 2.29. The molecule has 3 rings (SSSR count). The van der Waals surface area contributed by atoms with Crippen LogP contribution in [0.4, 0.5) is 0 Å². The number of aryl methyl sites for hydroxylation is 1. The van der Waals surface area contributed by atoms with Crippen LogP contribution in [0.15, 0.2) is 0 Å². The van der Waals surface area contributed by atoms with Gasteiger partial charge in [-0.1, -0.05) is 0 Å². The summed E-state index contributed by atoms with van der Waals surface area (Å²) in [5.41, 5.74) is 4.19. The van der Waals surface area contributed by atoms with Crippen molar-refractivity contribution in [3.05, 3.63) is 17.0 Å². The molecule has 1 aromatic heterocycles. The summed E-state index contributed by atoms with van der Waals surface area (Å²) < 4.78 is 0. The second-order valence-electron chi connectivity index (χ2n) is 4.00. The maximum absolute atomic E-state index is 4.46. The van der Waals surface area contributed by atoms with Crippen LogP contribution >= 0.6 is 11.8 Å². The summed E-state index contributed by atoms with van der Waals surface area (Å²) in [5, 5.41) is 11.2. The van der Waals surface area contributed by atoms with Crippen molar-refractivity contribution in [1.82, 2.24) is 15.5 Å². The van der Waals surface area contributed by atoms with Gasteiger partial charge in [0.2, 0.25) is 0 Å². The Kier molecular flexibility index (Phi) is 2.25. The van der Waals surface area contributed by atoms with E-state index in [1.54, 1.807) is 0 Å². The minimum absolute atomic E-state index is 0.492. The number of fused-ring (bicyclic) bond motifs is 1. The zero-order chi connectivity index (χ0) is 9.38. The molecule has 0 bridgehead atoms. The minimum atomic E-state index is 0.492. The van der Waals surface area contributed by atoms with E-state index in [2.05, 4.69) is 15.5 Å². The van der Waals surface area contributed by atoms with Crippen LogP contribution in [0.2, 0.25) is 0 Å². The third kappa shape index (κ3) is 1.37. The summed E-state index contributed by atoms with van der Waals surface area (Å²) in [4.78, 5) is 0. The lowest BCUT2D eigenvalue weighted by molar-refractivity contribution is 0.573. The van der Waals surface area contributed by atoms with Crippen molar-refractivity contribution in [2.75, 3.05) is 18.1 Å². The number of nitrogens with one attached hydrogen (secondary N) is 2. The molecule has 1 aromatic rings. The molecule has 4 heteroatoms. The molecule has 0 amide bonds. The third-order valence-electron chi connectivity index (χ3n) is 3.09. The van der Waals surface area contributed by atoms with Crippen molar-refractivity contribution < 1.29 is 0 Å². The van der Waals surface area contributed by atoms with E-state index in [4.69, 9.17) is 0 Å². The molecule has 1 fully saturated rings. The molecule has 76 valence electrons. The molecule has 14 heavy (non-hydrogen) atoms. The summed E-state index contributed by atoms with van der Waals surface area (Å²) in [6, 6.07) is 0.492. The van der Waals surface area contributed by atoms with E-state index < -0.39 is 0 Å². The molecule has 0 radical (unpaired) electrons. The van der Waals surface area contributed by atoms with Gasteiger partial charge in [0, 0.05) is 23.7 Å². The van der Waals surface area contributed by atoms with E-state index in [-0.39, 0.29) is 0 Å². The number of H-pyrrole nitrogens is 1. The molecule has 3 nitrogen and oxygen atoms in total. The van der Waals surface area contributed by atoms with Crippen molar-refractivity contribution in [2.45, 2.75) is 25.3 Å². The maximum atomic E-state index is 4.46. The second kappa shape index (κ2) is 3.59. The average Bonchev–Trinajstić information content (AvgIpc) is 2.79. The summed E-state index contributed by atoms with van der Waals surface area (Å²) in [5.74, 6) is 2.42. The highest BCUT2D eigenvalue weighted by atomic mass is 32.2. The Morgan fingerprint density at radius 3 is 3.21 bits per heavy atom. The van der Waals surface area contributed by atoms with Crippen LogP contribution in [0.3, 0.4) is 0 Å². The molecule has 2 N–H and O–H groups in total. The lowest BCUT2D eigenvalue weighted by Gasteiger charge is -2.22. The van der Waals surface area contributed by atoms with E-state index in [0.717, 1.165) is 6.54 Å². The van der Waals surface area contributed by atoms with Gasteiger partial charge < -0.3 is 5.32 Å². The molecule has 1 aliphatic carbocycles. The topological polar surface area (TPSA) is 40.7 Å². The van der Waals surface area contributed by atoms with Gasteiger partial charge in [0.05, 0.1) is 11.7 Å². The third-order valence-corrected chi connectivity index (χ3v) is 4.15. The fourth-order valence-electron chi connectivity index (χ4n) is 2.37. The van der Waals surface area contributed by atoms with Gasteiger partial charge in [-0.25, -0.2) is 0 Å². The summed E-state index contributed by atoms with van der Waals surface area (Å²) in [7, 11) is 0. The molecular weight excluding hydrogens is 194 g/mol. The Morgan fingerprint density at radius 2 is 2.36 bits per heavy atom. The second-order valence-corrected chi connectivity index (χ2v) is 5.15. The highest BCUT2D eigenvalue weighted by Gasteiger charge is 2.25. The first-order valence-electron chi connectivity index (χ1n) is 5.32. The maximum Gasteiger partial charge on any atom is 0.0834 e. The molecule has 1 unspecified atom stereocenters.